The van der Waals surface area contributed by atoms with E-state index in [1.807, 2.05) is 0 Å². The van der Waals surface area contributed by atoms with Crippen LogP contribution in [0.3, 0.4) is 0 Å². The van der Waals surface area contributed by atoms with Crippen molar-refractivity contribution in [1.29, 1.82) is 0 Å². The van der Waals surface area contributed by atoms with Crippen LogP contribution in [0.2, 0.25) is 0 Å². The summed E-state index contributed by atoms with van der Waals surface area (Å²) >= 11 is 0. The van der Waals surface area contributed by atoms with Crippen LogP contribution in [-0.4, -0.2) is 12.6 Å². The summed E-state index contributed by atoms with van der Waals surface area (Å²) in [6, 6.07) is 0.882. The van der Waals surface area contributed by atoms with Crippen molar-refractivity contribution in [2.45, 2.75) is 77.2 Å². The van der Waals surface area contributed by atoms with E-state index in [4.69, 9.17) is 0 Å². The molecule has 1 heteroatoms. The maximum atomic E-state index is 4.04. The van der Waals surface area contributed by atoms with Crippen LogP contribution >= 0.6 is 0 Å². The van der Waals surface area contributed by atoms with Crippen LogP contribution < -0.4 is 5.32 Å². The molecule has 5 rings (SSSR count). The van der Waals surface area contributed by atoms with Gasteiger partial charge in [0.2, 0.25) is 0 Å². The van der Waals surface area contributed by atoms with Gasteiger partial charge >= 0.3 is 0 Å². The first kappa shape index (κ1) is 13.6. The Morgan fingerprint density at radius 1 is 0.900 bits per heavy atom. The van der Waals surface area contributed by atoms with E-state index >= 15 is 0 Å². The Bertz CT molecular complexity index is 303. The van der Waals surface area contributed by atoms with Gasteiger partial charge in [0.1, 0.15) is 0 Å². The first-order valence-electron chi connectivity index (χ1n) is 9.58. The Balaban J connectivity index is 1.52. The normalized spacial score (nSPS) is 45.1. The minimum absolute atomic E-state index is 0.882. The molecule has 114 valence electrons. The predicted molar refractivity (Wildman–Crippen MR) is 84.6 cm³/mol. The molecule has 5 aliphatic rings. The monoisotopic (exact) mass is 275 g/mol. The Morgan fingerprint density at radius 2 is 1.50 bits per heavy atom. The molecule has 0 aromatic heterocycles. The molecule has 5 fully saturated rings. The molecule has 1 nitrogen and oxygen atoms in total. The van der Waals surface area contributed by atoms with E-state index in [0.29, 0.717) is 0 Å². The SMILES string of the molecule is CCCNC(C1CCCC1)C1C2CC3CC(C2)CC1C3. The van der Waals surface area contributed by atoms with E-state index in [-0.39, 0.29) is 0 Å². The summed E-state index contributed by atoms with van der Waals surface area (Å²) in [5, 5.41) is 4.04. The lowest BCUT2D eigenvalue weighted by molar-refractivity contribution is -0.0602. The summed E-state index contributed by atoms with van der Waals surface area (Å²) in [6.45, 7) is 3.58. The molecule has 5 saturated carbocycles. The van der Waals surface area contributed by atoms with Crippen LogP contribution in [0.5, 0.6) is 0 Å². The van der Waals surface area contributed by atoms with E-state index in [1.54, 1.807) is 32.1 Å². The minimum Gasteiger partial charge on any atom is -0.313 e. The smallest absolute Gasteiger partial charge is 0.0129 e. The number of nitrogens with one attached hydrogen (secondary N) is 1. The zero-order valence-corrected chi connectivity index (χ0v) is 13.3. The molecule has 0 aliphatic heterocycles. The van der Waals surface area contributed by atoms with E-state index in [2.05, 4.69) is 12.2 Å². The Hall–Kier alpha value is -0.0400. The molecule has 4 bridgehead atoms. The molecule has 0 heterocycles. The van der Waals surface area contributed by atoms with Crippen LogP contribution in [0, 0.1) is 35.5 Å². The van der Waals surface area contributed by atoms with E-state index in [9.17, 15) is 0 Å². The second-order valence-corrected chi connectivity index (χ2v) is 8.53. The van der Waals surface area contributed by atoms with Crippen LogP contribution in [-0.2, 0) is 0 Å². The predicted octanol–water partition coefficient (Wildman–Crippen LogP) is 4.62. The maximum Gasteiger partial charge on any atom is 0.0129 e. The van der Waals surface area contributed by atoms with Crippen molar-refractivity contribution in [3.63, 3.8) is 0 Å². The van der Waals surface area contributed by atoms with E-state index < -0.39 is 0 Å². The van der Waals surface area contributed by atoms with Crippen molar-refractivity contribution in [3.8, 4) is 0 Å². The Labute approximate surface area is 125 Å². The summed E-state index contributed by atoms with van der Waals surface area (Å²) in [6.07, 6.45) is 15.3. The molecule has 0 spiro atoms. The van der Waals surface area contributed by atoms with Gasteiger partial charge in [0.25, 0.3) is 0 Å². The zero-order chi connectivity index (χ0) is 13.5. The third-order valence-corrected chi connectivity index (χ3v) is 7.25. The van der Waals surface area contributed by atoms with Gasteiger partial charge in [-0.05, 0) is 93.4 Å². The highest BCUT2D eigenvalue weighted by atomic mass is 14.9. The third kappa shape index (κ3) is 2.34. The number of hydrogen-bond acceptors (Lipinski definition) is 1. The summed E-state index contributed by atoms with van der Waals surface area (Å²) in [5.74, 6) is 6.53. The first-order chi connectivity index (χ1) is 9.85. The van der Waals surface area contributed by atoms with Gasteiger partial charge in [0.05, 0.1) is 0 Å². The van der Waals surface area contributed by atoms with Gasteiger partial charge in [-0.25, -0.2) is 0 Å². The van der Waals surface area contributed by atoms with Crippen molar-refractivity contribution >= 4 is 0 Å². The molecule has 1 N–H and O–H groups in total. The summed E-state index contributed by atoms with van der Waals surface area (Å²) < 4.78 is 0. The minimum atomic E-state index is 0.882. The van der Waals surface area contributed by atoms with Gasteiger partial charge in [0, 0.05) is 6.04 Å². The zero-order valence-electron chi connectivity index (χ0n) is 13.3. The van der Waals surface area contributed by atoms with Crippen LogP contribution in [0.1, 0.15) is 71.1 Å². The van der Waals surface area contributed by atoms with Crippen LogP contribution in [0.4, 0.5) is 0 Å². The van der Waals surface area contributed by atoms with Gasteiger partial charge < -0.3 is 5.32 Å². The highest BCUT2D eigenvalue weighted by Gasteiger charge is 2.51. The average molecular weight is 275 g/mol. The molecule has 5 aliphatic carbocycles. The standard InChI is InChI=1S/C19H33N/c1-2-7-20-19(15-5-3-4-6-15)18-16-9-13-8-14(11-16)12-17(18)10-13/h13-20H,2-12H2,1H3. The summed E-state index contributed by atoms with van der Waals surface area (Å²) in [5.41, 5.74) is 0. The molecule has 1 unspecified atom stereocenters. The molecule has 1 atom stereocenters. The van der Waals surface area contributed by atoms with Gasteiger partial charge in [-0.1, -0.05) is 19.8 Å². The highest BCUT2D eigenvalue weighted by Crippen LogP contribution is 2.58. The number of rotatable bonds is 5. The molecule has 0 saturated heterocycles. The lowest BCUT2D eigenvalue weighted by Gasteiger charge is -2.57. The Morgan fingerprint density at radius 3 is 2.05 bits per heavy atom. The molecular formula is C19H33N. The van der Waals surface area contributed by atoms with E-state index in [0.717, 1.165) is 41.5 Å². The number of hydrogen-bond donors (Lipinski definition) is 1. The fourth-order valence-corrected chi connectivity index (χ4v) is 6.80. The van der Waals surface area contributed by atoms with Crippen LogP contribution in [0.15, 0.2) is 0 Å². The second-order valence-electron chi connectivity index (χ2n) is 8.53. The highest BCUT2D eigenvalue weighted by molar-refractivity contribution is 5.03. The molecule has 20 heavy (non-hydrogen) atoms. The van der Waals surface area contributed by atoms with Crippen molar-refractivity contribution in [3.05, 3.63) is 0 Å². The average Bonchev–Trinajstić information content (AvgIpc) is 2.94. The third-order valence-electron chi connectivity index (χ3n) is 7.25. The first-order valence-corrected chi connectivity index (χ1v) is 9.58. The van der Waals surface area contributed by atoms with Crippen molar-refractivity contribution in [1.82, 2.24) is 5.32 Å². The maximum absolute atomic E-state index is 4.04. The lowest BCUT2D eigenvalue weighted by Crippen LogP contribution is -2.55. The fourth-order valence-electron chi connectivity index (χ4n) is 6.80. The fraction of sp³-hybridized carbons (Fsp3) is 1.00. The van der Waals surface area contributed by atoms with Gasteiger partial charge in [-0.2, -0.15) is 0 Å². The topological polar surface area (TPSA) is 12.0 Å². The van der Waals surface area contributed by atoms with Gasteiger partial charge in [-0.3, -0.25) is 0 Å². The molecular weight excluding hydrogens is 242 g/mol. The van der Waals surface area contributed by atoms with Gasteiger partial charge in [-0.15, -0.1) is 0 Å². The van der Waals surface area contributed by atoms with E-state index in [1.165, 1.54) is 38.6 Å². The largest absolute Gasteiger partial charge is 0.313 e. The molecule has 0 radical (unpaired) electrons. The summed E-state index contributed by atoms with van der Waals surface area (Å²) in [4.78, 5) is 0. The molecule has 0 aromatic rings. The van der Waals surface area contributed by atoms with Crippen molar-refractivity contribution in [2.24, 2.45) is 35.5 Å². The van der Waals surface area contributed by atoms with Crippen molar-refractivity contribution < 1.29 is 0 Å². The van der Waals surface area contributed by atoms with Crippen molar-refractivity contribution in [2.75, 3.05) is 6.54 Å². The second kappa shape index (κ2) is 5.63. The summed E-state index contributed by atoms with van der Waals surface area (Å²) in [7, 11) is 0. The van der Waals surface area contributed by atoms with Crippen LogP contribution in [0.25, 0.3) is 0 Å². The quantitative estimate of drug-likeness (QED) is 0.772. The molecule has 0 amide bonds. The van der Waals surface area contributed by atoms with Gasteiger partial charge in [0.15, 0.2) is 0 Å². The lowest BCUT2D eigenvalue weighted by atomic mass is 9.49. The molecule has 0 aromatic carbocycles. The Kier molecular flexibility index (Phi) is 3.83.